The van der Waals surface area contributed by atoms with Gasteiger partial charge in [0, 0.05) is 11.8 Å². The van der Waals surface area contributed by atoms with E-state index in [2.05, 4.69) is 24.4 Å². The Morgan fingerprint density at radius 2 is 1.79 bits per heavy atom. The Morgan fingerprint density at radius 1 is 1.07 bits per heavy atom. The summed E-state index contributed by atoms with van der Waals surface area (Å²) in [4.78, 5) is 23.9. The lowest BCUT2D eigenvalue weighted by Crippen LogP contribution is -2.16. The van der Waals surface area contributed by atoms with Crippen LogP contribution >= 0.6 is 0 Å². The molecule has 9 nitrogen and oxygen atoms in total. The Bertz CT molecular complexity index is 1150. The highest BCUT2D eigenvalue weighted by Crippen LogP contribution is 2.28. The number of pyridine rings is 1. The van der Waals surface area contributed by atoms with Gasteiger partial charge in [-0.2, -0.15) is 0 Å². The van der Waals surface area contributed by atoms with Gasteiger partial charge in [-0.25, -0.2) is 23.2 Å². The Kier molecular flexibility index (Phi) is 5.74. The molecule has 0 fully saturated rings. The van der Waals surface area contributed by atoms with E-state index >= 15 is 0 Å². The van der Waals surface area contributed by atoms with Crippen molar-refractivity contribution in [2.75, 3.05) is 18.9 Å². The molecule has 0 spiro atoms. The van der Waals surface area contributed by atoms with Crippen LogP contribution in [0.4, 0.5) is 5.82 Å². The molecular formula is C19H18N4O5S. The maximum absolute atomic E-state index is 13.0. The van der Waals surface area contributed by atoms with Gasteiger partial charge < -0.3 is 9.47 Å². The first-order valence-corrected chi connectivity index (χ1v) is 9.88. The molecule has 29 heavy (non-hydrogen) atoms. The Balaban J connectivity index is 2.01. The third-order valence-corrected chi connectivity index (χ3v) is 5.30. The highest BCUT2D eigenvalue weighted by molar-refractivity contribution is 7.92. The lowest BCUT2D eigenvalue weighted by molar-refractivity contribution is 0.0600. The fourth-order valence-electron chi connectivity index (χ4n) is 2.56. The van der Waals surface area contributed by atoms with Crippen LogP contribution in [0.15, 0.2) is 53.7 Å². The average Bonchev–Trinajstić information content (AvgIpc) is 2.74. The van der Waals surface area contributed by atoms with Gasteiger partial charge in [0.05, 0.1) is 37.4 Å². The van der Waals surface area contributed by atoms with Gasteiger partial charge in [0.1, 0.15) is 4.90 Å². The number of nitrogens with zero attached hydrogens (tertiary/aromatic N) is 3. The van der Waals surface area contributed by atoms with Crippen LogP contribution in [0.3, 0.4) is 0 Å². The number of anilines is 1. The van der Waals surface area contributed by atoms with Crippen molar-refractivity contribution in [3.05, 3.63) is 60.0 Å². The van der Waals surface area contributed by atoms with Crippen molar-refractivity contribution in [2.45, 2.75) is 11.8 Å². The van der Waals surface area contributed by atoms with Gasteiger partial charge in [-0.05, 0) is 31.2 Å². The van der Waals surface area contributed by atoms with Gasteiger partial charge in [0.15, 0.2) is 0 Å². The molecule has 0 aliphatic rings. The fraction of sp³-hybridized carbons (Fsp3) is 0.158. The summed E-state index contributed by atoms with van der Waals surface area (Å²) in [6.07, 6.45) is 2.91. The van der Waals surface area contributed by atoms with E-state index in [1.165, 1.54) is 50.9 Å². The molecule has 1 N–H and O–H groups in total. The second-order valence-corrected chi connectivity index (χ2v) is 7.54. The van der Waals surface area contributed by atoms with E-state index in [-0.39, 0.29) is 22.3 Å². The quantitative estimate of drug-likeness (QED) is 0.611. The molecule has 10 heteroatoms. The number of nitrogens with one attached hydrogen (secondary N) is 1. The number of hydrogen-bond donors (Lipinski definition) is 1. The van der Waals surface area contributed by atoms with Gasteiger partial charge in [-0.3, -0.25) is 9.71 Å². The van der Waals surface area contributed by atoms with Crippen molar-refractivity contribution in [3.63, 3.8) is 0 Å². The first-order valence-electron chi connectivity index (χ1n) is 8.40. The zero-order valence-electron chi connectivity index (χ0n) is 15.9. The zero-order valence-corrected chi connectivity index (χ0v) is 16.7. The van der Waals surface area contributed by atoms with Crippen LogP contribution in [0.5, 0.6) is 5.88 Å². The zero-order chi connectivity index (χ0) is 21.0. The number of carbonyl (C=O) groups excluding carboxylic acids is 1. The molecule has 0 saturated carbocycles. The number of carbonyl (C=O) groups is 1. The largest absolute Gasteiger partial charge is 0.478 e. The summed E-state index contributed by atoms with van der Waals surface area (Å²) in [6.45, 7) is 1.71. The van der Waals surface area contributed by atoms with E-state index in [1.54, 1.807) is 19.1 Å². The Morgan fingerprint density at radius 3 is 2.45 bits per heavy atom. The molecule has 1 aromatic carbocycles. The van der Waals surface area contributed by atoms with Crippen molar-refractivity contribution in [3.8, 4) is 17.1 Å². The van der Waals surface area contributed by atoms with Crippen molar-refractivity contribution in [1.29, 1.82) is 0 Å². The van der Waals surface area contributed by atoms with Crippen LogP contribution in [-0.4, -0.2) is 43.6 Å². The number of aryl methyl sites for hydroxylation is 1. The highest BCUT2D eigenvalue weighted by Gasteiger charge is 2.23. The van der Waals surface area contributed by atoms with Gasteiger partial charge in [-0.1, -0.05) is 12.1 Å². The summed E-state index contributed by atoms with van der Waals surface area (Å²) in [6, 6.07) is 9.20. The second-order valence-electron chi connectivity index (χ2n) is 5.89. The maximum Gasteiger partial charge on any atom is 0.337 e. The van der Waals surface area contributed by atoms with E-state index in [4.69, 9.17) is 4.74 Å². The fourth-order valence-corrected chi connectivity index (χ4v) is 3.74. The van der Waals surface area contributed by atoms with E-state index in [1.807, 2.05) is 0 Å². The van der Waals surface area contributed by atoms with Gasteiger partial charge in [0.2, 0.25) is 5.82 Å². The van der Waals surface area contributed by atoms with Crippen molar-refractivity contribution in [2.24, 2.45) is 0 Å². The SMILES string of the molecule is COC(=O)c1ccc(-c2ncccc2S(=O)(=O)Nc2ncc(C)nc2OC)cc1. The summed E-state index contributed by atoms with van der Waals surface area (Å²) in [5, 5.41) is 0. The van der Waals surface area contributed by atoms with Gasteiger partial charge in [0.25, 0.3) is 15.9 Å². The van der Waals surface area contributed by atoms with Crippen molar-refractivity contribution >= 4 is 21.8 Å². The molecule has 0 saturated heterocycles. The number of sulfonamides is 1. The standard InChI is InChI=1S/C19H18N4O5S/c1-12-11-21-17(18(22-12)27-2)23-29(25,26)15-5-4-10-20-16(15)13-6-8-14(9-7-13)19(24)28-3/h4-11H,1-3H3,(H,21,23). The van der Waals surface area contributed by atoms with Crippen LogP contribution in [0, 0.1) is 6.92 Å². The highest BCUT2D eigenvalue weighted by atomic mass is 32.2. The minimum atomic E-state index is -4.06. The van der Waals surface area contributed by atoms with Gasteiger partial charge >= 0.3 is 5.97 Å². The van der Waals surface area contributed by atoms with Crippen molar-refractivity contribution in [1.82, 2.24) is 15.0 Å². The minimum absolute atomic E-state index is 0.0334. The Labute approximate surface area is 167 Å². The first kappa shape index (κ1) is 20.2. The van der Waals surface area contributed by atoms with E-state index in [0.717, 1.165) is 0 Å². The molecule has 150 valence electrons. The monoisotopic (exact) mass is 414 g/mol. The number of benzene rings is 1. The topological polar surface area (TPSA) is 120 Å². The molecule has 0 aliphatic carbocycles. The third-order valence-electron chi connectivity index (χ3n) is 3.92. The van der Waals surface area contributed by atoms with E-state index < -0.39 is 16.0 Å². The molecule has 2 heterocycles. The molecule has 0 bridgehead atoms. The number of esters is 1. The Hall–Kier alpha value is -3.53. The molecule has 3 aromatic rings. The number of hydrogen-bond acceptors (Lipinski definition) is 8. The average molecular weight is 414 g/mol. The molecular weight excluding hydrogens is 396 g/mol. The maximum atomic E-state index is 13.0. The van der Waals surface area contributed by atoms with Gasteiger partial charge in [-0.15, -0.1) is 0 Å². The molecule has 2 aromatic heterocycles. The molecule has 3 rings (SSSR count). The summed E-state index contributed by atoms with van der Waals surface area (Å²) in [5.41, 5.74) is 1.66. The number of ether oxygens (including phenoxy) is 2. The molecule has 0 unspecified atom stereocenters. The van der Waals surface area contributed by atoms with Crippen LogP contribution in [0.25, 0.3) is 11.3 Å². The lowest BCUT2D eigenvalue weighted by atomic mass is 10.1. The summed E-state index contributed by atoms with van der Waals surface area (Å²) in [7, 11) is -1.40. The smallest absolute Gasteiger partial charge is 0.337 e. The molecule has 0 amide bonds. The summed E-state index contributed by atoms with van der Waals surface area (Å²) >= 11 is 0. The first-order chi connectivity index (χ1) is 13.9. The van der Waals surface area contributed by atoms with Crippen molar-refractivity contribution < 1.29 is 22.7 Å². The number of aromatic nitrogens is 3. The predicted octanol–water partition coefficient (Wildman–Crippen LogP) is 2.44. The third kappa shape index (κ3) is 4.32. The molecule has 0 aliphatic heterocycles. The normalized spacial score (nSPS) is 11.0. The van der Waals surface area contributed by atoms with E-state index in [0.29, 0.717) is 16.8 Å². The van der Waals surface area contributed by atoms with Crippen LogP contribution < -0.4 is 9.46 Å². The van der Waals surface area contributed by atoms with Crippen LogP contribution in [-0.2, 0) is 14.8 Å². The second kappa shape index (κ2) is 8.23. The minimum Gasteiger partial charge on any atom is -0.478 e. The van der Waals surface area contributed by atoms with E-state index in [9.17, 15) is 13.2 Å². The summed E-state index contributed by atoms with van der Waals surface area (Å²) in [5.74, 6) is -0.465. The van der Waals surface area contributed by atoms with Crippen LogP contribution in [0.2, 0.25) is 0 Å². The lowest BCUT2D eigenvalue weighted by Gasteiger charge is -2.13. The molecule has 0 radical (unpaired) electrons. The number of rotatable bonds is 6. The summed E-state index contributed by atoms with van der Waals surface area (Å²) < 4.78 is 38.2. The predicted molar refractivity (Wildman–Crippen MR) is 105 cm³/mol. The van der Waals surface area contributed by atoms with Crippen LogP contribution in [0.1, 0.15) is 16.1 Å². The molecule has 0 atom stereocenters. The number of methoxy groups -OCH3 is 2.